The van der Waals surface area contributed by atoms with Crippen molar-refractivity contribution in [3.8, 4) is 11.1 Å². The molecule has 0 amide bonds. The molecule has 27 heavy (non-hydrogen) atoms. The molecular weight excluding hydrogens is 376 g/mol. The summed E-state index contributed by atoms with van der Waals surface area (Å²) in [4.78, 5) is 0. The highest BCUT2D eigenvalue weighted by atomic mass is 35.5. The lowest BCUT2D eigenvalue weighted by Crippen LogP contribution is -2.16. The van der Waals surface area contributed by atoms with Gasteiger partial charge in [0.05, 0.1) is 5.56 Å². The van der Waals surface area contributed by atoms with E-state index in [1.807, 2.05) is 0 Å². The van der Waals surface area contributed by atoms with E-state index in [0.29, 0.717) is 17.9 Å². The molecule has 146 valence electrons. The van der Waals surface area contributed by atoms with Crippen LogP contribution >= 0.6 is 11.6 Å². The molecule has 1 fully saturated rings. The molecule has 3 rings (SSSR count). The molecule has 2 aromatic rings. The van der Waals surface area contributed by atoms with Crippen molar-refractivity contribution in [2.24, 2.45) is 11.8 Å². The fraction of sp³-hybridized carbons (Fsp3) is 0.455. The molecule has 0 saturated heterocycles. The van der Waals surface area contributed by atoms with Gasteiger partial charge in [-0.1, -0.05) is 44.2 Å². The molecule has 1 aliphatic carbocycles. The number of rotatable bonds is 5. The van der Waals surface area contributed by atoms with Gasteiger partial charge in [-0.2, -0.15) is 0 Å². The van der Waals surface area contributed by atoms with Crippen LogP contribution in [-0.4, -0.2) is 0 Å². The normalized spacial score (nSPS) is 20.1. The summed E-state index contributed by atoms with van der Waals surface area (Å²) in [5.41, 5.74) is -0.0431. The lowest BCUT2D eigenvalue weighted by molar-refractivity contribution is 0.261. The Balaban J connectivity index is 1.78. The first kappa shape index (κ1) is 20.2. The topological polar surface area (TPSA) is 0 Å². The van der Waals surface area contributed by atoms with Crippen molar-refractivity contribution in [3.05, 3.63) is 58.1 Å². The minimum atomic E-state index is -1.04. The zero-order chi connectivity index (χ0) is 19.6. The maximum atomic E-state index is 14.6. The summed E-state index contributed by atoms with van der Waals surface area (Å²) in [5, 5.41) is -0.685. The van der Waals surface area contributed by atoms with Crippen LogP contribution in [0, 0.1) is 35.1 Å². The smallest absolute Gasteiger partial charge is 0.145 e. The molecule has 0 N–H and O–H groups in total. The Hall–Kier alpha value is -1.55. The molecule has 0 spiro atoms. The van der Waals surface area contributed by atoms with Crippen LogP contribution in [0.25, 0.3) is 11.1 Å². The number of hydrogen-bond donors (Lipinski definition) is 0. The van der Waals surface area contributed by atoms with E-state index in [2.05, 4.69) is 6.92 Å². The van der Waals surface area contributed by atoms with E-state index in [4.69, 9.17) is 11.6 Å². The molecular formula is C22H23ClF4. The molecule has 2 aromatic carbocycles. The second kappa shape index (κ2) is 8.64. The van der Waals surface area contributed by atoms with E-state index in [1.165, 1.54) is 37.8 Å². The average molecular weight is 399 g/mol. The number of hydrogen-bond acceptors (Lipinski definition) is 0. The first-order valence-corrected chi connectivity index (χ1v) is 9.89. The fourth-order valence-corrected chi connectivity index (χ4v) is 4.29. The van der Waals surface area contributed by atoms with E-state index in [-0.39, 0.29) is 5.56 Å². The molecule has 0 nitrogen and oxygen atoms in total. The maximum Gasteiger partial charge on any atom is 0.145 e. The van der Waals surface area contributed by atoms with Gasteiger partial charge in [-0.3, -0.25) is 0 Å². The molecule has 0 aliphatic heterocycles. The SMILES string of the molecule is CCCC1CCC(Cc2cc(F)c(-c3cc(F)c(Cl)c(F)c3)c(F)c2)CC1. The summed E-state index contributed by atoms with van der Waals surface area (Å²) in [7, 11) is 0. The largest absolute Gasteiger partial charge is 0.206 e. The van der Waals surface area contributed by atoms with Crippen LogP contribution in [0.1, 0.15) is 51.0 Å². The van der Waals surface area contributed by atoms with Crippen molar-refractivity contribution < 1.29 is 17.6 Å². The zero-order valence-corrected chi connectivity index (χ0v) is 16.1. The maximum absolute atomic E-state index is 14.6. The number of benzene rings is 2. The van der Waals surface area contributed by atoms with Crippen molar-refractivity contribution in [1.29, 1.82) is 0 Å². The second-order valence-corrected chi connectivity index (χ2v) is 7.95. The van der Waals surface area contributed by atoms with E-state index >= 15 is 0 Å². The van der Waals surface area contributed by atoms with Gasteiger partial charge in [-0.25, -0.2) is 17.6 Å². The van der Waals surface area contributed by atoms with Gasteiger partial charge in [0.1, 0.15) is 28.3 Å². The Morgan fingerprint density at radius 3 is 1.85 bits per heavy atom. The van der Waals surface area contributed by atoms with Gasteiger partial charge < -0.3 is 0 Å². The first-order chi connectivity index (χ1) is 12.9. The Morgan fingerprint density at radius 2 is 1.33 bits per heavy atom. The molecule has 1 saturated carbocycles. The number of halogens is 5. The summed E-state index contributed by atoms with van der Waals surface area (Å²) in [5.74, 6) is -2.52. The van der Waals surface area contributed by atoms with Crippen molar-refractivity contribution >= 4 is 11.6 Å². The van der Waals surface area contributed by atoms with Crippen LogP contribution in [0.15, 0.2) is 24.3 Å². The monoisotopic (exact) mass is 398 g/mol. The standard InChI is InChI=1S/C22H23ClF4/c1-2-3-13-4-6-14(7-5-13)8-15-9-17(24)21(18(25)10-15)16-11-19(26)22(23)20(27)12-16/h9-14H,2-8H2,1H3. The van der Waals surface area contributed by atoms with Crippen molar-refractivity contribution in [2.75, 3.05) is 0 Å². The molecule has 0 atom stereocenters. The van der Waals surface area contributed by atoms with Crippen LogP contribution in [0.2, 0.25) is 5.02 Å². The van der Waals surface area contributed by atoms with Gasteiger partial charge in [0.2, 0.25) is 0 Å². The third-order valence-electron chi connectivity index (χ3n) is 5.56. The minimum absolute atomic E-state index is 0.198. The van der Waals surface area contributed by atoms with Gasteiger partial charge in [-0.15, -0.1) is 0 Å². The van der Waals surface area contributed by atoms with Gasteiger partial charge >= 0.3 is 0 Å². The summed E-state index contributed by atoms with van der Waals surface area (Å²) < 4.78 is 56.4. The lowest BCUT2D eigenvalue weighted by atomic mass is 9.78. The molecule has 0 unspecified atom stereocenters. The van der Waals surface area contributed by atoms with E-state index in [9.17, 15) is 17.6 Å². The van der Waals surface area contributed by atoms with E-state index in [1.54, 1.807) is 0 Å². The summed E-state index contributed by atoms with van der Waals surface area (Å²) >= 11 is 5.44. The van der Waals surface area contributed by atoms with Crippen LogP contribution in [0.5, 0.6) is 0 Å². The Labute approximate surface area is 162 Å². The van der Waals surface area contributed by atoms with Gasteiger partial charge in [-0.05, 0) is 66.5 Å². The van der Waals surface area contributed by atoms with Crippen molar-refractivity contribution in [1.82, 2.24) is 0 Å². The predicted molar refractivity (Wildman–Crippen MR) is 101 cm³/mol. The molecule has 1 aliphatic rings. The molecule has 0 bridgehead atoms. The zero-order valence-electron chi connectivity index (χ0n) is 15.3. The molecule has 0 aromatic heterocycles. The first-order valence-electron chi connectivity index (χ1n) is 9.51. The third kappa shape index (κ3) is 4.66. The van der Waals surface area contributed by atoms with Crippen LogP contribution in [0.4, 0.5) is 17.6 Å². The second-order valence-electron chi connectivity index (χ2n) is 7.57. The third-order valence-corrected chi connectivity index (χ3v) is 5.92. The minimum Gasteiger partial charge on any atom is -0.206 e. The fourth-order valence-electron chi connectivity index (χ4n) is 4.18. The summed E-state index contributed by atoms with van der Waals surface area (Å²) in [6, 6.07) is 4.26. The van der Waals surface area contributed by atoms with Crippen LogP contribution in [-0.2, 0) is 6.42 Å². The Kier molecular flexibility index (Phi) is 6.46. The van der Waals surface area contributed by atoms with Gasteiger partial charge in [0.25, 0.3) is 0 Å². The highest BCUT2D eigenvalue weighted by molar-refractivity contribution is 6.31. The summed E-state index contributed by atoms with van der Waals surface area (Å²) in [6.07, 6.45) is 7.55. The highest BCUT2D eigenvalue weighted by Crippen LogP contribution is 2.35. The summed E-state index contributed by atoms with van der Waals surface area (Å²) in [6.45, 7) is 2.19. The van der Waals surface area contributed by atoms with Gasteiger partial charge in [0.15, 0.2) is 0 Å². The molecule has 0 heterocycles. The van der Waals surface area contributed by atoms with Gasteiger partial charge in [0, 0.05) is 0 Å². The van der Waals surface area contributed by atoms with E-state index < -0.39 is 33.9 Å². The quantitative estimate of drug-likeness (QED) is 0.357. The average Bonchev–Trinajstić information content (AvgIpc) is 2.61. The highest BCUT2D eigenvalue weighted by Gasteiger charge is 2.22. The lowest BCUT2D eigenvalue weighted by Gasteiger charge is -2.28. The predicted octanol–water partition coefficient (Wildman–Crippen LogP) is 7.71. The van der Waals surface area contributed by atoms with Crippen LogP contribution in [0.3, 0.4) is 0 Å². The Morgan fingerprint density at radius 1 is 0.815 bits per heavy atom. The molecule has 5 heteroatoms. The van der Waals surface area contributed by atoms with Crippen molar-refractivity contribution in [3.63, 3.8) is 0 Å². The molecule has 0 radical (unpaired) electrons. The van der Waals surface area contributed by atoms with Crippen molar-refractivity contribution in [2.45, 2.75) is 51.9 Å². The Bertz CT molecular complexity index is 764. The van der Waals surface area contributed by atoms with E-state index in [0.717, 1.165) is 30.9 Å². The van der Waals surface area contributed by atoms with Crippen LogP contribution < -0.4 is 0 Å².